The number of hydrogen-bond donors (Lipinski definition) is 0. The Kier molecular flexibility index (Phi) is 6.77. The molecule has 0 atom stereocenters. The highest BCUT2D eigenvalue weighted by Crippen LogP contribution is 2.32. The molecule has 2 aromatic carbocycles. The van der Waals surface area contributed by atoms with Crippen molar-refractivity contribution in [2.24, 2.45) is 0 Å². The molecule has 38 heavy (non-hydrogen) atoms. The van der Waals surface area contributed by atoms with E-state index >= 15 is 0 Å². The molecule has 1 fully saturated rings. The van der Waals surface area contributed by atoms with Crippen molar-refractivity contribution in [1.82, 2.24) is 18.9 Å². The Labute approximate surface area is 222 Å². The van der Waals surface area contributed by atoms with Gasteiger partial charge in [0.15, 0.2) is 0 Å². The van der Waals surface area contributed by atoms with Gasteiger partial charge in [-0.1, -0.05) is 36.4 Å². The van der Waals surface area contributed by atoms with E-state index in [2.05, 4.69) is 28.5 Å². The molecule has 4 aromatic rings. The summed E-state index contributed by atoms with van der Waals surface area (Å²) in [5, 5.41) is 1.21. The number of pyridine rings is 1. The zero-order valence-corrected chi connectivity index (χ0v) is 21.9. The summed E-state index contributed by atoms with van der Waals surface area (Å²) in [5.41, 5.74) is 5.57. The topological polar surface area (TPSA) is 59.7 Å². The quantitative estimate of drug-likeness (QED) is 0.371. The lowest BCUT2D eigenvalue weighted by atomic mass is 10.0. The van der Waals surface area contributed by atoms with E-state index in [9.17, 15) is 9.59 Å². The van der Waals surface area contributed by atoms with Crippen molar-refractivity contribution in [1.29, 1.82) is 0 Å². The molecular formula is C31H34N4O3. The van der Waals surface area contributed by atoms with Gasteiger partial charge in [0.2, 0.25) is 5.91 Å². The van der Waals surface area contributed by atoms with Crippen LogP contribution in [0.5, 0.6) is 5.75 Å². The third-order valence-corrected chi connectivity index (χ3v) is 7.87. The van der Waals surface area contributed by atoms with Crippen LogP contribution in [0.4, 0.5) is 0 Å². The van der Waals surface area contributed by atoms with Crippen LogP contribution < -0.4 is 10.3 Å². The molecule has 0 saturated carbocycles. The second-order valence-electron chi connectivity index (χ2n) is 10.3. The van der Waals surface area contributed by atoms with Crippen molar-refractivity contribution in [2.45, 2.75) is 45.9 Å². The fourth-order valence-electron chi connectivity index (χ4n) is 5.90. The molecule has 7 heteroatoms. The number of amides is 1. The van der Waals surface area contributed by atoms with Gasteiger partial charge in [-0.25, -0.2) is 0 Å². The van der Waals surface area contributed by atoms with E-state index in [-0.39, 0.29) is 11.5 Å². The van der Waals surface area contributed by atoms with Gasteiger partial charge in [-0.05, 0) is 49.1 Å². The van der Waals surface area contributed by atoms with Gasteiger partial charge in [0.1, 0.15) is 12.4 Å². The largest absolute Gasteiger partial charge is 0.489 e. The number of carbonyl (C=O) groups is 1. The van der Waals surface area contributed by atoms with Crippen LogP contribution in [0.3, 0.4) is 0 Å². The number of ether oxygens (including phenoxy) is 1. The number of carbonyl (C=O) groups excluding carboxylic acids is 1. The van der Waals surface area contributed by atoms with Crippen LogP contribution in [0.15, 0.2) is 71.7 Å². The summed E-state index contributed by atoms with van der Waals surface area (Å²) >= 11 is 0. The molecule has 0 spiro atoms. The van der Waals surface area contributed by atoms with Crippen molar-refractivity contribution in [2.75, 3.05) is 26.2 Å². The lowest BCUT2D eigenvalue weighted by Crippen LogP contribution is -2.41. The molecule has 0 radical (unpaired) electrons. The number of aryl methyl sites for hydroxylation is 1. The van der Waals surface area contributed by atoms with E-state index in [1.807, 2.05) is 47.4 Å². The molecule has 1 saturated heterocycles. The monoisotopic (exact) mass is 510 g/mol. The Bertz CT molecular complexity index is 1520. The molecule has 4 heterocycles. The van der Waals surface area contributed by atoms with E-state index in [1.165, 1.54) is 16.6 Å². The summed E-state index contributed by atoms with van der Waals surface area (Å²) in [6.07, 6.45) is 4.95. The highest BCUT2D eigenvalue weighted by molar-refractivity contribution is 5.88. The molecule has 7 nitrogen and oxygen atoms in total. The minimum atomic E-state index is -0.124. The van der Waals surface area contributed by atoms with E-state index in [0.29, 0.717) is 18.9 Å². The first kappa shape index (κ1) is 24.5. The second-order valence-corrected chi connectivity index (χ2v) is 10.3. The highest BCUT2D eigenvalue weighted by Gasteiger charge is 2.27. The van der Waals surface area contributed by atoms with Crippen LogP contribution in [-0.4, -0.2) is 51.0 Å². The minimum absolute atomic E-state index is 0.124. The fraction of sp³-hybridized carbons (Fsp3) is 0.355. The maximum Gasteiger partial charge on any atom is 0.258 e. The van der Waals surface area contributed by atoms with Crippen molar-refractivity contribution >= 4 is 16.8 Å². The standard InChI is InChI=1S/C31H34N4O3/c1-2-34-28-13-16-32(21-31(37)33-14-6-7-15-33)20-27(28)26-11-10-24(18-29(26)34)35-17-12-25(19-30(35)36)38-22-23-8-4-3-5-9-23/h3-5,8-12,17-19H,2,6-7,13-16,20-22H2,1H3. The molecule has 6 rings (SSSR count). The highest BCUT2D eigenvalue weighted by atomic mass is 16.5. The summed E-state index contributed by atoms with van der Waals surface area (Å²) < 4.78 is 9.89. The third kappa shape index (κ3) is 4.74. The Morgan fingerprint density at radius 2 is 1.79 bits per heavy atom. The van der Waals surface area contributed by atoms with Crippen molar-refractivity contribution < 1.29 is 9.53 Å². The summed E-state index contributed by atoms with van der Waals surface area (Å²) in [6, 6.07) is 19.6. The summed E-state index contributed by atoms with van der Waals surface area (Å²) in [4.78, 5) is 30.1. The van der Waals surface area contributed by atoms with Gasteiger partial charge in [0.25, 0.3) is 5.56 Å². The smallest absolute Gasteiger partial charge is 0.258 e. The number of hydrogen-bond acceptors (Lipinski definition) is 4. The van der Waals surface area contributed by atoms with Crippen LogP contribution in [0.1, 0.15) is 36.6 Å². The molecule has 2 aromatic heterocycles. The Morgan fingerprint density at radius 1 is 0.974 bits per heavy atom. The van der Waals surface area contributed by atoms with E-state index in [1.54, 1.807) is 16.8 Å². The average Bonchev–Trinajstić information content (AvgIpc) is 3.59. The van der Waals surface area contributed by atoms with Gasteiger partial charge in [-0.15, -0.1) is 0 Å². The maximum atomic E-state index is 13.0. The average molecular weight is 511 g/mol. The van der Waals surface area contributed by atoms with E-state index < -0.39 is 0 Å². The molecular weight excluding hydrogens is 476 g/mol. The van der Waals surface area contributed by atoms with Crippen LogP contribution in [0.2, 0.25) is 0 Å². The van der Waals surface area contributed by atoms with Crippen molar-refractivity contribution in [3.63, 3.8) is 0 Å². The number of likely N-dealkylation sites (tertiary alicyclic amines) is 1. The third-order valence-electron chi connectivity index (χ3n) is 7.87. The van der Waals surface area contributed by atoms with E-state index in [0.717, 1.165) is 68.8 Å². The number of nitrogens with zero attached hydrogens (tertiary/aromatic N) is 4. The lowest BCUT2D eigenvalue weighted by molar-refractivity contribution is -0.131. The van der Waals surface area contributed by atoms with Gasteiger partial charge >= 0.3 is 0 Å². The zero-order valence-electron chi connectivity index (χ0n) is 21.9. The molecule has 2 aliphatic rings. The van der Waals surface area contributed by atoms with E-state index in [4.69, 9.17) is 4.74 Å². The van der Waals surface area contributed by atoms with Gasteiger partial charge < -0.3 is 14.2 Å². The lowest BCUT2D eigenvalue weighted by Gasteiger charge is -2.29. The number of fused-ring (bicyclic) bond motifs is 3. The first-order valence-corrected chi connectivity index (χ1v) is 13.6. The molecule has 0 unspecified atom stereocenters. The summed E-state index contributed by atoms with van der Waals surface area (Å²) in [5.74, 6) is 0.815. The van der Waals surface area contributed by atoms with Crippen LogP contribution >= 0.6 is 0 Å². The minimum Gasteiger partial charge on any atom is -0.489 e. The number of benzene rings is 2. The van der Waals surface area contributed by atoms with Gasteiger partial charge in [0, 0.05) is 62.5 Å². The number of rotatable bonds is 7. The predicted molar refractivity (Wildman–Crippen MR) is 149 cm³/mol. The maximum absolute atomic E-state index is 13.0. The Hall–Kier alpha value is -3.84. The van der Waals surface area contributed by atoms with Gasteiger partial charge in [-0.3, -0.25) is 19.1 Å². The second kappa shape index (κ2) is 10.5. The Balaban J connectivity index is 1.24. The number of aromatic nitrogens is 2. The SMILES string of the molecule is CCn1c2c(c3ccc(-n4ccc(OCc5ccccc5)cc4=O)cc31)CN(CC(=O)N1CCCC1)CC2. The van der Waals surface area contributed by atoms with Crippen molar-refractivity contribution in [3.8, 4) is 11.4 Å². The fourth-order valence-corrected chi connectivity index (χ4v) is 5.90. The molecule has 0 N–H and O–H groups in total. The van der Waals surface area contributed by atoms with Gasteiger partial charge in [-0.2, -0.15) is 0 Å². The molecule has 0 aliphatic carbocycles. The van der Waals surface area contributed by atoms with Gasteiger partial charge in [0.05, 0.1) is 17.7 Å². The van der Waals surface area contributed by atoms with Crippen molar-refractivity contribution in [3.05, 3.63) is 94.0 Å². The summed E-state index contributed by atoms with van der Waals surface area (Å²) in [7, 11) is 0. The molecule has 1 amide bonds. The first-order chi connectivity index (χ1) is 18.6. The van der Waals surface area contributed by atoms with Crippen LogP contribution in [0.25, 0.3) is 16.6 Å². The Morgan fingerprint density at radius 3 is 2.55 bits per heavy atom. The zero-order chi connectivity index (χ0) is 26.1. The summed E-state index contributed by atoms with van der Waals surface area (Å²) in [6.45, 7) is 7.41. The van der Waals surface area contributed by atoms with Crippen LogP contribution in [-0.2, 0) is 30.9 Å². The molecule has 0 bridgehead atoms. The first-order valence-electron chi connectivity index (χ1n) is 13.6. The molecule has 2 aliphatic heterocycles. The normalized spacial score (nSPS) is 15.7. The predicted octanol–water partition coefficient (Wildman–Crippen LogP) is 4.37. The molecule has 196 valence electrons. The van der Waals surface area contributed by atoms with Crippen LogP contribution in [0, 0.1) is 0 Å².